The van der Waals surface area contributed by atoms with Gasteiger partial charge in [0.25, 0.3) is 10.0 Å². The quantitative estimate of drug-likeness (QED) is 0.144. The number of para-hydroxylation sites is 1. The number of anilines is 1. The van der Waals surface area contributed by atoms with Gasteiger partial charge in [0.1, 0.15) is 18.3 Å². The van der Waals surface area contributed by atoms with E-state index in [-0.39, 0.29) is 29.8 Å². The van der Waals surface area contributed by atoms with Crippen molar-refractivity contribution in [2.75, 3.05) is 17.5 Å². The predicted octanol–water partition coefficient (Wildman–Crippen LogP) is 7.68. The standard InChI is InChI=1S/C38H41Cl2N3O5S/c1-2-48-32-19-21-33(22-20-32)49(46,47)43(31-16-10-5-11-17-31)27-37(44)42(26-29-18-23-34(39)35(40)24-29)36(25-28-12-6-3-7-13-28)38(45)41-30-14-8-4-9-15-30/h3,5-7,10-13,16-24,30,36H,2,4,8-9,14-15,25-27H2,1H3,(H,41,45). The van der Waals surface area contributed by atoms with E-state index in [9.17, 15) is 18.0 Å². The summed E-state index contributed by atoms with van der Waals surface area (Å²) in [5, 5.41) is 3.88. The van der Waals surface area contributed by atoms with Crippen molar-refractivity contribution in [3.05, 3.63) is 124 Å². The summed E-state index contributed by atoms with van der Waals surface area (Å²) in [5.41, 5.74) is 1.82. The molecule has 0 heterocycles. The molecule has 2 amide bonds. The SMILES string of the molecule is CCOc1ccc(S(=O)(=O)N(CC(=O)N(Cc2ccc(Cl)c(Cl)c2)C(Cc2ccccc2)C(=O)NC2CCCCC2)c2ccccc2)cc1. The van der Waals surface area contributed by atoms with E-state index in [1.54, 1.807) is 60.7 Å². The Bertz CT molecular complexity index is 1800. The maximum Gasteiger partial charge on any atom is 0.264 e. The molecule has 8 nitrogen and oxygen atoms in total. The molecule has 0 spiro atoms. The third-order valence-corrected chi connectivity index (χ3v) is 11.1. The maximum atomic E-state index is 14.7. The summed E-state index contributed by atoms with van der Waals surface area (Å²) in [6.07, 6.45) is 5.13. The number of nitrogens with one attached hydrogen (secondary N) is 1. The zero-order chi connectivity index (χ0) is 34.8. The van der Waals surface area contributed by atoms with Crippen LogP contribution >= 0.6 is 23.2 Å². The van der Waals surface area contributed by atoms with Crippen molar-refractivity contribution < 1.29 is 22.7 Å². The predicted molar refractivity (Wildman–Crippen MR) is 195 cm³/mol. The minimum atomic E-state index is -4.24. The number of benzene rings is 4. The Morgan fingerprint density at radius 3 is 2.12 bits per heavy atom. The Labute approximate surface area is 299 Å². The molecule has 1 unspecified atom stereocenters. The van der Waals surface area contributed by atoms with E-state index in [0.717, 1.165) is 42.0 Å². The molecule has 0 aliphatic heterocycles. The molecule has 11 heteroatoms. The molecule has 1 N–H and O–H groups in total. The van der Waals surface area contributed by atoms with Gasteiger partial charge in [-0.1, -0.05) is 97.1 Å². The van der Waals surface area contributed by atoms with E-state index < -0.39 is 28.5 Å². The minimum Gasteiger partial charge on any atom is -0.494 e. The van der Waals surface area contributed by atoms with Crippen molar-refractivity contribution >= 4 is 50.7 Å². The Morgan fingerprint density at radius 1 is 0.837 bits per heavy atom. The smallest absolute Gasteiger partial charge is 0.264 e. The zero-order valence-corrected chi connectivity index (χ0v) is 29.8. The van der Waals surface area contributed by atoms with Crippen LogP contribution in [0.4, 0.5) is 5.69 Å². The van der Waals surface area contributed by atoms with Crippen molar-refractivity contribution in [1.29, 1.82) is 0 Å². The van der Waals surface area contributed by atoms with Gasteiger partial charge in [0.05, 0.1) is 27.2 Å². The molecule has 0 bridgehead atoms. The summed E-state index contributed by atoms with van der Waals surface area (Å²) in [6, 6.07) is 28.2. The van der Waals surface area contributed by atoms with Crippen LogP contribution in [0.1, 0.15) is 50.2 Å². The third kappa shape index (κ3) is 9.56. The van der Waals surface area contributed by atoms with Crippen molar-refractivity contribution in [2.45, 2.75) is 69.0 Å². The largest absolute Gasteiger partial charge is 0.494 e. The first kappa shape index (κ1) is 36.2. The fourth-order valence-corrected chi connectivity index (χ4v) is 7.79. The highest BCUT2D eigenvalue weighted by Crippen LogP contribution is 2.28. The third-order valence-electron chi connectivity index (χ3n) is 8.61. The van der Waals surface area contributed by atoms with Crippen LogP contribution in [0.2, 0.25) is 10.0 Å². The maximum absolute atomic E-state index is 14.7. The normalized spacial score (nSPS) is 14.1. The van der Waals surface area contributed by atoms with E-state index in [1.807, 2.05) is 37.3 Å². The summed E-state index contributed by atoms with van der Waals surface area (Å²) >= 11 is 12.6. The van der Waals surface area contributed by atoms with Crippen LogP contribution in [-0.4, -0.2) is 50.4 Å². The molecule has 1 aliphatic carbocycles. The van der Waals surface area contributed by atoms with Gasteiger partial charge in [-0.2, -0.15) is 0 Å². The summed E-state index contributed by atoms with van der Waals surface area (Å²) in [4.78, 5) is 30.4. The molecular weight excluding hydrogens is 681 g/mol. The van der Waals surface area contributed by atoms with Crippen LogP contribution in [0, 0.1) is 0 Å². The van der Waals surface area contributed by atoms with Gasteiger partial charge in [0.2, 0.25) is 11.8 Å². The highest BCUT2D eigenvalue weighted by molar-refractivity contribution is 7.92. The molecule has 5 rings (SSSR count). The Morgan fingerprint density at radius 2 is 1.49 bits per heavy atom. The second-order valence-corrected chi connectivity index (χ2v) is 14.7. The first-order valence-electron chi connectivity index (χ1n) is 16.5. The molecule has 258 valence electrons. The van der Waals surface area contributed by atoms with Crippen LogP contribution in [0.15, 0.2) is 108 Å². The van der Waals surface area contributed by atoms with Gasteiger partial charge >= 0.3 is 0 Å². The van der Waals surface area contributed by atoms with Gasteiger partial charge in [0, 0.05) is 19.0 Å². The van der Waals surface area contributed by atoms with E-state index in [4.69, 9.17) is 27.9 Å². The number of rotatable bonds is 14. The molecule has 1 aliphatic rings. The number of ether oxygens (including phenoxy) is 1. The summed E-state index contributed by atoms with van der Waals surface area (Å²) < 4.78 is 35.1. The highest BCUT2D eigenvalue weighted by atomic mass is 35.5. The van der Waals surface area contributed by atoms with E-state index in [2.05, 4.69) is 5.32 Å². The lowest BCUT2D eigenvalue weighted by Crippen LogP contribution is -2.55. The van der Waals surface area contributed by atoms with Gasteiger partial charge in [0.15, 0.2) is 0 Å². The molecule has 4 aromatic carbocycles. The van der Waals surface area contributed by atoms with Crippen molar-refractivity contribution in [2.24, 2.45) is 0 Å². The zero-order valence-electron chi connectivity index (χ0n) is 27.4. The second-order valence-electron chi connectivity index (χ2n) is 12.1. The van der Waals surface area contributed by atoms with Gasteiger partial charge < -0.3 is 15.0 Å². The number of amides is 2. The topological polar surface area (TPSA) is 96.0 Å². The van der Waals surface area contributed by atoms with E-state index >= 15 is 0 Å². The van der Waals surface area contributed by atoms with Crippen LogP contribution in [-0.2, 0) is 32.6 Å². The number of halogens is 2. The highest BCUT2D eigenvalue weighted by Gasteiger charge is 2.35. The molecule has 49 heavy (non-hydrogen) atoms. The van der Waals surface area contributed by atoms with Gasteiger partial charge in [-0.3, -0.25) is 13.9 Å². The molecule has 0 radical (unpaired) electrons. The Hall–Kier alpha value is -4.05. The summed E-state index contributed by atoms with van der Waals surface area (Å²) in [6.45, 7) is 1.72. The summed E-state index contributed by atoms with van der Waals surface area (Å²) in [5.74, 6) is -0.307. The van der Waals surface area contributed by atoms with Crippen LogP contribution in [0.25, 0.3) is 0 Å². The lowest BCUT2D eigenvalue weighted by molar-refractivity contribution is -0.140. The van der Waals surface area contributed by atoms with Crippen LogP contribution in [0.3, 0.4) is 0 Å². The molecule has 1 fully saturated rings. The fraction of sp³-hybridized carbons (Fsp3) is 0.316. The number of carbonyl (C=O) groups is 2. The minimum absolute atomic E-state index is 0.000448. The van der Waals surface area contributed by atoms with Crippen molar-refractivity contribution in [3.63, 3.8) is 0 Å². The lowest BCUT2D eigenvalue weighted by Gasteiger charge is -2.35. The monoisotopic (exact) mass is 721 g/mol. The number of nitrogens with zero attached hydrogens (tertiary/aromatic N) is 2. The molecule has 0 saturated heterocycles. The van der Waals surface area contributed by atoms with Gasteiger partial charge in [-0.15, -0.1) is 0 Å². The molecule has 0 aromatic heterocycles. The number of sulfonamides is 1. The molecule has 4 aromatic rings. The first-order chi connectivity index (χ1) is 23.7. The Kier molecular flexibility index (Phi) is 12.6. The molecule has 1 atom stereocenters. The van der Waals surface area contributed by atoms with Crippen LogP contribution in [0.5, 0.6) is 5.75 Å². The first-order valence-corrected chi connectivity index (χ1v) is 18.7. The van der Waals surface area contributed by atoms with Gasteiger partial charge in [-0.05, 0) is 79.4 Å². The van der Waals surface area contributed by atoms with E-state index in [0.29, 0.717) is 33.7 Å². The van der Waals surface area contributed by atoms with Gasteiger partial charge in [-0.25, -0.2) is 8.42 Å². The average molecular weight is 723 g/mol. The lowest BCUT2D eigenvalue weighted by atomic mass is 9.94. The molecular formula is C38H41Cl2N3O5S. The van der Waals surface area contributed by atoms with E-state index in [1.165, 1.54) is 17.0 Å². The van der Waals surface area contributed by atoms with Crippen LogP contribution < -0.4 is 14.4 Å². The number of hydrogen-bond donors (Lipinski definition) is 1. The fourth-order valence-electron chi connectivity index (χ4n) is 6.06. The average Bonchev–Trinajstić information content (AvgIpc) is 3.11. The van der Waals surface area contributed by atoms with Crippen molar-refractivity contribution in [3.8, 4) is 5.75 Å². The second kappa shape index (κ2) is 17.1. The Balaban J connectivity index is 1.55. The number of carbonyl (C=O) groups excluding carboxylic acids is 2. The summed E-state index contributed by atoms with van der Waals surface area (Å²) in [7, 11) is -4.24. The number of hydrogen-bond acceptors (Lipinski definition) is 5. The van der Waals surface area contributed by atoms with Crippen molar-refractivity contribution in [1.82, 2.24) is 10.2 Å². The molecule has 1 saturated carbocycles.